The summed E-state index contributed by atoms with van der Waals surface area (Å²) in [7, 11) is 0. The lowest BCUT2D eigenvalue weighted by Gasteiger charge is -2.25. The number of carbonyl (C=O) groups is 1. The number of aliphatic imine (C=N–C) groups is 1. The molecule has 1 aromatic heterocycles. The molecular weight excluding hydrogens is 415 g/mol. The van der Waals surface area contributed by atoms with Gasteiger partial charge in [0.25, 0.3) is 5.91 Å². The lowest BCUT2D eigenvalue weighted by Crippen LogP contribution is -2.41. The van der Waals surface area contributed by atoms with Crippen molar-refractivity contribution in [2.75, 3.05) is 36.9 Å². The number of aromatic nitrogens is 2. The minimum atomic E-state index is -0.640. The van der Waals surface area contributed by atoms with E-state index in [0.717, 1.165) is 6.20 Å². The zero-order valence-corrected chi connectivity index (χ0v) is 17.0. The molecule has 0 spiro atoms. The second kappa shape index (κ2) is 9.84. The molecular formula is C22H21FN6O3. The molecule has 1 saturated heterocycles. The highest BCUT2D eigenvalue weighted by atomic mass is 19.1. The van der Waals surface area contributed by atoms with E-state index in [9.17, 15) is 14.3 Å². The fraction of sp³-hybridized carbons (Fsp3) is 0.182. The maximum absolute atomic E-state index is 14.1. The number of hydrogen-bond donors (Lipinski definition) is 3. The molecule has 3 N–H and O–H groups in total. The van der Waals surface area contributed by atoms with Gasteiger partial charge in [-0.15, -0.1) is 0 Å². The van der Waals surface area contributed by atoms with Crippen LogP contribution in [0.5, 0.6) is 5.75 Å². The Morgan fingerprint density at radius 1 is 1.12 bits per heavy atom. The standard InChI is InChI=1S/C22H21FN6O3/c23-19-13-25-22(28-21(19)26-17-5-2-6-18(30)12-17)27-16-4-1-3-15(11-16)24-14-20(31)29-7-9-32-10-8-29/h1-6,11-14,30H,7-10H2,(H2,25,26,27,28). The van der Waals surface area contributed by atoms with Gasteiger partial charge in [0.15, 0.2) is 11.6 Å². The highest BCUT2D eigenvalue weighted by Crippen LogP contribution is 2.24. The molecule has 2 aromatic carbocycles. The Balaban J connectivity index is 1.45. The molecule has 0 unspecified atom stereocenters. The first-order valence-electron chi connectivity index (χ1n) is 9.93. The van der Waals surface area contributed by atoms with E-state index < -0.39 is 5.82 Å². The van der Waals surface area contributed by atoms with Gasteiger partial charge in [-0.05, 0) is 30.3 Å². The molecule has 4 rings (SSSR count). The number of anilines is 4. The van der Waals surface area contributed by atoms with Gasteiger partial charge in [-0.25, -0.2) is 9.37 Å². The molecule has 3 aromatic rings. The number of benzene rings is 2. The van der Waals surface area contributed by atoms with Crippen LogP contribution in [0, 0.1) is 5.82 Å². The maximum atomic E-state index is 14.1. The van der Waals surface area contributed by atoms with Crippen molar-refractivity contribution in [2.24, 2.45) is 4.99 Å². The third kappa shape index (κ3) is 5.55. The second-order valence-electron chi connectivity index (χ2n) is 6.94. The summed E-state index contributed by atoms with van der Waals surface area (Å²) in [5.41, 5.74) is 1.67. The Bertz CT molecular complexity index is 1130. The quantitative estimate of drug-likeness (QED) is 0.508. The first kappa shape index (κ1) is 21.2. The lowest BCUT2D eigenvalue weighted by molar-refractivity contribution is -0.127. The van der Waals surface area contributed by atoms with E-state index in [-0.39, 0.29) is 23.4 Å². The van der Waals surface area contributed by atoms with Gasteiger partial charge in [0.05, 0.1) is 31.3 Å². The van der Waals surface area contributed by atoms with Gasteiger partial charge >= 0.3 is 0 Å². The molecule has 0 aliphatic carbocycles. The van der Waals surface area contributed by atoms with Crippen molar-refractivity contribution >= 4 is 41.0 Å². The number of phenolic OH excluding ortho intramolecular Hbond substituents is 1. The Kier molecular flexibility index (Phi) is 6.52. The minimum absolute atomic E-state index is 0.0432. The van der Waals surface area contributed by atoms with Crippen molar-refractivity contribution in [3.05, 3.63) is 60.5 Å². The fourth-order valence-electron chi connectivity index (χ4n) is 3.02. The fourth-order valence-corrected chi connectivity index (χ4v) is 3.02. The van der Waals surface area contributed by atoms with Crippen molar-refractivity contribution in [1.82, 2.24) is 14.9 Å². The highest BCUT2D eigenvalue weighted by Gasteiger charge is 2.14. The summed E-state index contributed by atoms with van der Waals surface area (Å²) in [4.78, 5) is 26.3. The summed E-state index contributed by atoms with van der Waals surface area (Å²) in [6.07, 6.45) is 2.33. The van der Waals surface area contributed by atoms with Gasteiger partial charge in [0.2, 0.25) is 5.95 Å². The Hall–Kier alpha value is -4.05. The molecule has 0 bridgehead atoms. The van der Waals surface area contributed by atoms with Crippen LogP contribution in [0.25, 0.3) is 0 Å². The minimum Gasteiger partial charge on any atom is -0.508 e. The van der Waals surface area contributed by atoms with Gasteiger partial charge in [-0.1, -0.05) is 12.1 Å². The number of nitrogens with zero attached hydrogens (tertiary/aromatic N) is 4. The first-order valence-corrected chi connectivity index (χ1v) is 9.93. The number of aromatic hydroxyl groups is 1. The maximum Gasteiger partial charge on any atom is 0.265 e. The van der Waals surface area contributed by atoms with Crippen LogP contribution in [0.3, 0.4) is 0 Å². The Morgan fingerprint density at radius 2 is 1.88 bits per heavy atom. The highest BCUT2D eigenvalue weighted by molar-refractivity contribution is 6.26. The van der Waals surface area contributed by atoms with Crippen molar-refractivity contribution in [3.8, 4) is 5.75 Å². The van der Waals surface area contributed by atoms with E-state index in [1.807, 2.05) is 0 Å². The Morgan fingerprint density at radius 3 is 2.66 bits per heavy atom. The summed E-state index contributed by atoms with van der Waals surface area (Å²) in [6.45, 7) is 2.15. The number of amides is 1. The summed E-state index contributed by atoms with van der Waals surface area (Å²) < 4.78 is 19.4. The van der Waals surface area contributed by atoms with Gasteiger partial charge < -0.3 is 25.4 Å². The monoisotopic (exact) mass is 436 g/mol. The van der Waals surface area contributed by atoms with Crippen LogP contribution in [0.1, 0.15) is 0 Å². The third-order valence-electron chi connectivity index (χ3n) is 4.60. The zero-order chi connectivity index (χ0) is 22.3. The van der Waals surface area contributed by atoms with Gasteiger partial charge in [-0.3, -0.25) is 9.79 Å². The van der Waals surface area contributed by atoms with E-state index in [1.165, 1.54) is 18.3 Å². The molecule has 1 aliphatic rings. The predicted octanol–water partition coefficient (Wildman–Crippen LogP) is 3.37. The number of phenols is 1. The molecule has 32 heavy (non-hydrogen) atoms. The molecule has 9 nitrogen and oxygen atoms in total. The van der Waals surface area contributed by atoms with Gasteiger partial charge in [0, 0.05) is 30.5 Å². The molecule has 0 radical (unpaired) electrons. The summed E-state index contributed by atoms with van der Waals surface area (Å²) in [5.74, 6) is -0.639. The zero-order valence-electron chi connectivity index (χ0n) is 17.0. The van der Waals surface area contributed by atoms with E-state index >= 15 is 0 Å². The van der Waals surface area contributed by atoms with E-state index in [1.54, 1.807) is 41.3 Å². The molecule has 1 fully saturated rings. The first-order chi connectivity index (χ1) is 15.6. The smallest absolute Gasteiger partial charge is 0.265 e. The number of hydrogen-bond acceptors (Lipinski definition) is 8. The van der Waals surface area contributed by atoms with Crippen LogP contribution in [0.4, 0.5) is 33.2 Å². The van der Waals surface area contributed by atoms with Crippen LogP contribution >= 0.6 is 0 Å². The van der Waals surface area contributed by atoms with Crippen molar-refractivity contribution in [3.63, 3.8) is 0 Å². The Labute approximate surface area is 183 Å². The number of carbonyl (C=O) groups excluding carboxylic acids is 1. The van der Waals surface area contributed by atoms with Gasteiger partial charge in [-0.2, -0.15) is 4.98 Å². The number of halogens is 1. The molecule has 0 saturated carbocycles. The van der Waals surface area contributed by atoms with Crippen molar-refractivity contribution in [1.29, 1.82) is 0 Å². The second-order valence-corrected chi connectivity index (χ2v) is 6.94. The van der Waals surface area contributed by atoms with E-state index in [2.05, 4.69) is 25.6 Å². The lowest BCUT2D eigenvalue weighted by atomic mass is 10.3. The average molecular weight is 436 g/mol. The van der Waals surface area contributed by atoms with E-state index in [0.29, 0.717) is 43.4 Å². The van der Waals surface area contributed by atoms with Crippen LogP contribution in [0.15, 0.2) is 59.7 Å². The van der Waals surface area contributed by atoms with Crippen LogP contribution < -0.4 is 10.6 Å². The normalized spacial score (nSPS) is 13.8. The van der Waals surface area contributed by atoms with Crippen molar-refractivity contribution in [2.45, 2.75) is 0 Å². The van der Waals surface area contributed by atoms with Crippen LogP contribution in [-0.4, -0.2) is 58.4 Å². The number of morpholine rings is 1. The molecule has 10 heteroatoms. The SMILES string of the molecule is O=C(C=Nc1cccc(Nc2ncc(F)c(Nc3cccc(O)c3)n2)c1)N1CCOCC1. The summed E-state index contributed by atoms with van der Waals surface area (Å²) in [6, 6.07) is 13.3. The summed E-state index contributed by atoms with van der Waals surface area (Å²) in [5, 5.41) is 15.4. The molecule has 164 valence electrons. The van der Waals surface area contributed by atoms with E-state index in [4.69, 9.17) is 4.74 Å². The van der Waals surface area contributed by atoms with Gasteiger partial charge in [0.1, 0.15) is 5.75 Å². The predicted molar refractivity (Wildman–Crippen MR) is 119 cm³/mol. The van der Waals surface area contributed by atoms with Crippen LogP contribution in [-0.2, 0) is 9.53 Å². The largest absolute Gasteiger partial charge is 0.508 e. The number of nitrogens with one attached hydrogen (secondary N) is 2. The molecule has 1 amide bonds. The molecule has 0 atom stereocenters. The van der Waals surface area contributed by atoms with Crippen molar-refractivity contribution < 1.29 is 19.0 Å². The van der Waals surface area contributed by atoms with Crippen LogP contribution in [0.2, 0.25) is 0 Å². The molecule has 2 heterocycles. The summed E-state index contributed by atoms with van der Waals surface area (Å²) >= 11 is 0. The topological polar surface area (TPSA) is 112 Å². The average Bonchev–Trinajstić information content (AvgIpc) is 2.80. The third-order valence-corrected chi connectivity index (χ3v) is 4.60. The number of ether oxygens (including phenoxy) is 1. The molecule has 1 aliphatic heterocycles. The number of rotatable bonds is 6.